The van der Waals surface area contributed by atoms with Crippen molar-refractivity contribution in [2.75, 3.05) is 23.5 Å². The first-order valence-corrected chi connectivity index (χ1v) is 9.32. The maximum absolute atomic E-state index is 12.5. The van der Waals surface area contributed by atoms with Crippen LogP contribution in [-0.2, 0) is 6.54 Å². The summed E-state index contributed by atoms with van der Waals surface area (Å²) in [5, 5.41) is 16.6. The van der Waals surface area contributed by atoms with Crippen molar-refractivity contribution in [3.8, 4) is 11.5 Å². The van der Waals surface area contributed by atoms with Crippen LogP contribution in [0.15, 0.2) is 71.1 Å². The number of carbonyl (C=O) groups excluding carboxylic acids is 1. The molecule has 0 atom stereocenters. The molecule has 0 fully saturated rings. The fourth-order valence-electron chi connectivity index (χ4n) is 3.10. The molecule has 1 amide bonds. The van der Waals surface area contributed by atoms with Crippen LogP contribution in [0.3, 0.4) is 0 Å². The molecule has 1 aromatic heterocycles. The van der Waals surface area contributed by atoms with Crippen molar-refractivity contribution in [3.63, 3.8) is 0 Å². The number of amides is 1. The fourth-order valence-corrected chi connectivity index (χ4v) is 3.10. The van der Waals surface area contributed by atoms with Gasteiger partial charge in [0.15, 0.2) is 17.3 Å². The average Bonchev–Trinajstić information content (AvgIpc) is 3.18. The van der Waals surface area contributed by atoms with E-state index in [-0.39, 0.29) is 17.4 Å². The molecule has 5 N–H and O–H groups in total. The topological polar surface area (TPSA) is 110 Å². The Morgan fingerprint density at radius 1 is 1.10 bits per heavy atom. The Balaban J connectivity index is 1.48. The van der Waals surface area contributed by atoms with E-state index in [1.54, 1.807) is 48.5 Å². The van der Waals surface area contributed by atoms with Crippen LogP contribution in [0, 0.1) is 0 Å². The third kappa shape index (κ3) is 4.00. The normalized spacial score (nSPS) is 10.7. The predicted octanol–water partition coefficient (Wildman–Crippen LogP) is 4.59. The molecular formula is C23H21N3O4. The molecule has 1 heterocycles. The van der Waals surface area contributed by atoms with E-state index in [1.165, 1.54) is 7.11 Å². The van der Waals surface area contributed by atoms with Crippen molar-refractivity contribution in [2.45, 2.75) is 6.54 Å². The van der Waals surface area contributed by atoms with Crippen LogP contribution in [0.5, 0.6) is 11.5 Å². The Kier molecular flexibility index (Phi) is 5.17. The van der Waals surface area contributed by atoms with Crippen molar-refractivity contribution in [2.24, 2.45) is 0 Å². The lowest BCUT2D eigenvalue weighted by Crippen LogP contribution is -2.12. The maximum atomic E-state index is 12.5. The van der Waals surface area contributed by atoms with Crippen LogP contribution in [0.4, 0.5) is 17.1 Å². The minimum Gasteiger partial charge on any atom is -0.504 e. The predicted molar refractivity (Wildman–Crippen MR) is 117 cm³/mol. The number of nitrogen functional groups attached to an aromatic ring is 1. The molecule has 0 saturated heterocycles. The first kappa shape index (κ1) is 19.2. The molecule has 0 aliphatic rings. The third-order valence-electron chi connectivity index (χ3n) is 4.69. The molecule has 3 aromatic carbocycles. The zero-order valence-electron chi connectivity index (χ0n) is 16.3. The number of para-hydroxylation sites is 2. The number of rotatable bonds is 6. The second-order valence-corrected chi connectivity index (χ2v) is 6.76. The highest BCUT2D eigenvalue weighted by Crippen LogP contribution is 2.29. The van der Waals surface area contributed by atoms with Crippen molar-refractivity contribution in [1.29, 1.82) is 0 Å². The number of anilines is 3. The second kappa shape index (κ2) is 8.08. The molecule has 0 spiro atoms. The molecule has 7 heteroatoms. The highest BCUT2D eigenvalue weighted by atomic mass is 16.5. The van der Waals surface area contributed by atoms with Gasteiger partial charge in [-0.3, -0.25) is 4.79 Å². The summed E-state index contributed by atoms with van der Waals surface area (Å²) in [6.07, 6.45) is 0. The van der Waals surface area contributed by atoms with Gasteiger partial charge in [0.2, 0.25) is 0 Å². The Hall–Kier alpha value is -4.13. The van der Waals surface area contributed by atoms with Gasteiger partial charge in [0.05, 0.1) is 18.5 Å². The standard InChI is InChI=1S/C23H21N3O4/c1-29-21-12-16(7-8-19(21)27)25-13-14-6-9-20-15(10-14)11-22(30-20)23(28)26-18-5-3-2-4-17(18)24/h2-12,25,27H,13,24H2,1H3,(H,26,28). The third-order valence-corrected chi connectivity index (χ3v) is 4.69. The lowest BCUT2D eigenvalue weighted by atomic mass is 10.1. The summed E-state index contributed by atoms with van der Waals surface area (Å²) in [7, 11) is 1.51. The number of phenolic OH excluding ortho intramolecular Hbond substituents is 1. The highest BCUT2D eigenvalue weighted by molar-refractivity contribution is 6.06. The maximum Gasteiger partial charge on any atom is 0.291 e. The molecule has 0 unspecified atom stereocenters. The molecule has 0 aliphatic heterocycles. The number of furan rings is 1. The summed E-state index contributed by atoms with van der Waals surface area (Å²) in [5.41, 5.74) is 9.35. The Morgan fingerprint density at radius 3 is 2.73 bits per heavy atom. The van der Waals surface area contributed by atoms with E-state index >= 15 is 0 Å². The van der Waals surface area contributed by atoms with Crippen molar-refractivity contribution in [1.82, 2.24) is 0 Å². The largest absolute Gasteiger partial charge is 0.504 e. The Bertz CT molecular complexity index is 1220. The highest BCUT2D eigenvalue weighted by Gasteiger charge is 2.14. The van der Waals surface area contributed by atoms with Crippen LogP contribution < -0.4 is 21.1 Å². The molecule has 152 valence electrons. The zero-order valence-corrected chi connectivity index (χ0v) is 16.3. The van der Waals surface area contributed by atoms with E-state index in [4.69, 9.17) is 14.9 Å². The SMILES string of the molecule is COc1cc(NCc2ccc3oc(C(=O)Nc4ccccc4N)cc3c2)ccc1O. The number of methoxy groups -OCH3 is 1. The molecular weight excluding hydrogens is 382 g/mol. The van der Waals surface area contributed by atoms with E-state index < -0.39 is 0 Å². The minimum atomic E-state index is -0.361. The lowest BCUT2D eigenvalue weighted by molar-refractivity contribution is 0.0998. The van der Waals surface area contributed by atoms with E-state index in [2.05, 4.69) is 10.6 Å². The van der Waals surface area contributed by atoms with Crippen LogP contribution >= 0.6 is 0 Å². The number of aromatic hydroxyl groups is 1. The summed E-state index contributed by atoms with van der Waals surface area (Å²) < 4.78 is 10.8. The monoisotopic (exact) mass is 403 g/mol. The van der Waals surface area contributed by atoms with Crippen molar-refractivity contribution in [3.05, 3.63) is 78.1 Å². The van der Waals surface area contributed by atoms with Gasteiger partial charge in [-0.15, -0.1) is 0 Å². The van der Waals surface area contributed by atoms with Crippen LogP contribution in [0.2, 0.25) is 0 Å². The molecule has 4 rings (SSSR count). The van der Waals surface area contributed by atoms with Crippen molar-refractivity contribution < 1.29 is 19.1 Å². The molecule has 0 aliphatic carbocycles. The van der Waals surface area contributed by atoms with Gasteiger partial charge in [0.1, 0.15) is 5.58 Å². The van der Waals surface area contributed by atoms with Gasteiger partial charge in [0.25, 0.3) is 5.91 Å². The number of ether oxygens (including phenoxy) is 1. The van der Waals surface area contributed by atoms with Gasteiger partial charge < -0.3 is 30.6 Å². The number of hydrogen-bond acceptors (Lipinski definition) is 6. The summed E-state index contributed by atoms with van der Waals surface area (Å²) in [6.45, 7) is 0.553. The average molecular weight is 403 g/mol. The van der Waals surface area contributed by atoms with Crippen LogP contribution in [-0.4, -0.2) is 18.1 Å². The number of carbonyl (C=O) groups is 1. The molecule has 0 radical (unpaired) electrons. The number of nitrogens with one attached hydrogen (secondary N) is 2. The van der Waals surface area contributed by atoms with E-state index in [9.17, 15) is 9.90 Å². The van der Waals surface area contributed by atoms with Crippen LogP contribution in [0.25, 0.3) is 11.0 Å². The second-order valence-electron chi connectivity index (χ2n) is 6.76. The smallest absolute Gasteiger partial charge is 0.291 e. The zero-order chi connectivity index (χ0) is 21.1. The van der Waals surface area contributed by atoms with Gasteiger partial charge in [-0.1, -0.05) is 18.2 Å². The fraction of sp³-hybridized carbons (Fsp3) is 0.0870. The lowest BCUT2D eigenvalue weighted by Gasteiger charge is -2.09. The number of phenols is 1. The van der Waals surface area contributed by atoms with Gasteiger partial charge in [-0.25, -0.2) is 0 Å². The summed E-state index contributed by atoms with van der Waals surface area (Å²) in [6, 6.07) is 19.5. The van der Waals surface area contributed by atoms with Gasteiger partial charge in [-0.05, 0) is 48.0 Å². The summed E-state index contributed by atoms with van der Waals surface area (Å²) >= 11 is 0. The molecule has 7 nitrogen and oxygen atoms in total. The van der Waals surface area contributed by atoms with E-state index in [1.807, 2.05) is 18.2 Å². The Morgan fingerprint density at radius 2 is 1.93 bits per heavy atom. The summed E-state index contributed by atoms with van der Waals surface area (Å²) in [5.74, 6) is 0.340. The first-order valence-electron chi connectivity index (χ1n) is 9.32. The van der Waals surface area contributed by atoms with E-state index in [0.717, 1.165) is 16.6 Å². The summed E-state index contributed by atoms with van der Waals surface area (Å²) in [4.78, 5) is 12.5. The minimum absolute atomic E-state index is 0.0888. The molecule has 0 bridgehead atoms. The van der Waals surface area contributed by atoms with E-state index in [0.29, 0.717) is 29.3 Å². The van der Waals surface area contributed by atoms with Crippen LogP contribution in [0.1, 0.15) is 16.1 Å². The first-order chi connectivity index (χ1) is 14.5. The van der Waals surface area contributed by atoms with Gasteiger partial charge in [0, 0.05) is 23.7 Å². The number of nitrogens with two attached hydrogens (primary N) is 1. The number of fused-ring (bicyclic) bond motifs is 1. The molecule has 30 heavy (non-hydrogen) atoms. The molecule has 0 saturated carbocycles. The number of benzene rings is 3. The quantitative estimate of drug-likeness (QED) is 0.277. The van der Waals surface area contributed by atoms with Crippen molar-refractivity contribution >= 4 is 33.9 Å². The van der Waals surface area contributed by atoms with Gasteiger partial charge in [-0.2, -0.15) is 0 Å². The van der Waals surface area contributed by atoms with Gasteiger partial charge >= 0.3 is 0 Å². The molecule has 4 aromatic rings. The number of hydrogen-bond donors (Lipinski definition) is 4. The Labute approximate surface area is 173 Å².